The van der Waals surface area contributed by atoms with Gasteiger partial charge in [0.2, 0.25) is 0 Å². The minimum atomic E-state index is -5.12. The van der Waals surface area contributed by atoms with Crippen molar-refractivity contribution in [3.8, 4) is 0 Å². The Kier molecular flexibility index (Phi) is 4.23. The molecule has 0 aliphatic carbocycles. The SMILES string of the molecule is O=C(O)c1c(Cl)cc(Br)cc1NC(=O)C(F)(F)F. The largest absolute Gasteiger partial charge is 0.478 e. The number of benzene rings is 1. The summed E-state index contributed by atoms with van der Waals surface area (Å²) in [6.45, 7) is 0. The summed E-state index contributed by atoms with van der Waals surface area (Å²) in [5.41, 5.74) is -1.15. The van der Waals surface area contributed by atoms with Gasteiger partial charge in [0.1, 0.15) is 5.56 Å². The van der Waals surface area contributed by atoms with Gasteiger partial charge in [-0.15, -0.1) is 0 Å². The first-order chi connectivity index (χ1) is 8.12. The molecule has 4 nitrogen and oxygen atoms in total. The van der Waals surface area contributed by atoms with Gasteiger partial charge in [-0.2, -0.15) is 13.2 Å². The fourth-order valence-corrected chi connectivity index (χ4v) is 1.97. The number of carboxylic acid groups (broad SMARTS) is 1. The molecule has 1 aromatic rings. The van der Waals surface area contributed by atoms with Crippen LogP contribution in [0, 0.1) is 0 Å². The first-order valence-corrected chi connectivity index (χ1v) is 5.40. The molecule has 0 aliphatic heterocycles. The van der Waals surface area contributed by atoms with Crippen LogP contribution in [-0.4, -0.2) is 23.2 Å². The molecule has 0 spiro atoms. The van der Waals surface area contributed by atoms with Crippen molar-refractivity contribution in [1.29, 1.82) is 0 Å². The van der Waals surface area contributed by atoms with Gasteiger partial charge in [0.05, 0.1) is 10.7 Å². The first kappa shape index (κ1) is 14.8. The second-order valence-corrected chi connectivity index (χ2v) is 4.39. The first-order valence-electron chi connectivity index (χ1n) is 4.23. The van der Waals surface area contributed by atoms with Gasteiger partial charge < -0.3 is 10.4 Å². The van der Waals surface area contributed by atoms with Crippen LogP contribution in [0.1, 0.15) is 10.4 Å². The maximum atomic E-state index is 12.1. The standard InChI is InChI=1S/C9H4BrClF3NO3/c10-3-1-4(11)6(7(16)17)5(2-3)15-8(18)9(12,13)14/h1-2H,(H,15,18)(H,16,17). The highest BCUT2D eigenvalue weighted by molar-refractivity contribution is 9.10. The van der Waals surface area contributed by atoms with E-state index >= 15 is 0 Å². The number of halogens is 5. The maximum Gasteiger partial charge on any atom is 0.471 e. The quantitative estimate of drug-likeness (QED) is 0.863. The predicted octanol–water partition coefficient (Wildman–Crippen LogP) is 3.30. The minimum absolute atomic E-state index is 0.231. The number of hydrogen-bond donors (Lipinski definition) is 2. The molecule has 18 heavy (non-hydrogen) atoms. The summed E-state index contributed by atoms with van der Waals surface area (Å²) in [5, 5.41) is 9.98. The van der Waals surface area contributed by atoms with E-state index in [0.717, 1.165) is 6.07 Å². The lowest BCUT2D eigenvalue weighted by atomic mass is 10.1. The third-order valence-corrected chi connectivity index (χ3v) is 2.53. The number of carbonyl (C=O) groups is 2. The fraction of sp³-hybridized carbons (Fsp3) is 0.111. The van der Waals surface area contributed by atoms with E-state index in [9.17, 15) is 22.8 Å². The molecule has 0 unspecified atom stereocenters. The number of carbonyl (C=O) groups excluding carboxylic acids is 1. The van der Waals surface area contributed by atoms with Crippen LogP contribution in [0.5, 0.6) is 0 Å². The van der Waals surface area contributed by atoms with Crippen molar-refractivity contribution in [3.63, 3.8) is 0 Å². The highest BCUT2D eigenvalue weighted by Crippen LogP contribution is 2.30. The minimum Gasteiger partial charge on any atom is -0.478 e. The number of anilines is 1. The molecule has 0 atom stereocenters. The van der Waals surface area contributed by atoms with E-state index in [2.05, 4.69) is 15.9 Å². The van der Waals surface area contributed by atoms with Crippen molar-refractivity contribution in [1.82, 2.24) is 0 Å². The Morgan fingerprint density at radius 2 is 1.89 bits per heavy atom. The number of alkyl halides is 3. The second kappa shape index (κ2) is 5.15. The predicted molar refractivity (Wildman–Crippen MR) is 60.8 cm³/mol. The third kappa shape index (κ3) is 3.36. The van der Waals surface area contributed by atoms with Crippen LogP contribution in [0.4, 0.5) is 18.9 Å². The molecule has 1 rings (SSSR count). The summed E-state index contributed by atoms with van der Waals surface area (Å²) < 4.78 is 36.4. The van der Waals surface area contributed by atoms with E-state index in [1.165, 1.54) is 11.4 Å². The van der Waals surface area contributed by atoms with Gasteiger partial charge in [-0.25, -0.2) is 4.79 Å². The maximum absolute atomic E-state index is 12.1. The zero-order valence-electron chi connectivity index (χ0n) is 8.31. The molecule has 0 fully saturated rings. The van der Waals surface area contributed by atoms with Crippen LogP contribution >= 0.6 is 27.5 Å². The van der Waals surface area contributed by atoms with Crippen molar-refractivity contribution in [2.24, 2.45) is 0 Å². The lowest BCUT2D eigenvalue weighted by molar-refractivity contribution is -0.167. The van der Waals surface area contributed by atoms with Crippen LogP contribution in [0.25, 0.3) is 0 Å². The highest BCUT2D eigenvalue weighted by atomic mass is 79.9. The Balaban J connectivity index is 3.24. The normalized spacial score (nSPS) is 11.2. The zero-order chi connectivity index (χ0) is 14.1. The molecular weight excluding hydrogens is 342 g/mol. The van der Waals surface area contributed by atoms with Crippen LogP contribution < -0.4 is 5.32 Å². The number of carboxylic acids is 1. The average molecular weight is 346 g/mol. The number of aromatic carboxylic acids is 1. The summed E-state index contributed by atoms with van der Waals surface area (Å²) >= 11 is 8.51. The van der Waals surface area contributed by atoms with Crippen molar-refractivity contribution >= 4 is 45.1 Å². The molecule has 1 amide bonds. The van der Waals surface area contributed by atoms with Crippen molar-refractivity contribution in [2.45, 2.75) is 6.18 Å². The van der Waals surface area contributed by atoms with Crippen LogP contribution in [0.15, 0.2) is 16.6 Å². The topological polar surface area (TPSA) is 66.4 Å². The average Bonchev–Trinajstić information content (AvgIpc) is 2.13. The molecule has 0 aliphatic rings. The van der Waals surface area contributed by atoms with Crippen LogP contribution in [0.2, 0.25) is 5.02 Å². The molecule has 1 aromatic carbocycles. The van der Waals surface area contributed by atoms with E-state index in [1.54, 1.807) is 0 Å². The summed E-state index contributed by atoms with van der Waals surface area (Å²) in [7, 11) is 0. The Morgan fingerprint density at radius 3 is 2.33 bits per heavy atom. The Morgan fingerprint density at radius 1 is 1.33 bits per heavy atom. The monoisotopic (exact) mass is 345 g/mol. The summed E-state index contributed by atoms with van der Waals surface area (Å²) in [6.07, 6.45) is -5.12. The summed E-state index contributed by atoms with van der Waals surface area (Å²) in [6, 6.07) is 2.20. The molecule has 0 heterocycles. The van der Waals surface area contributed by atoms with Gasteiger partial charge in [0.25, 0.3) is 0 Å². The molecule has 0 aromatic heterocycles. The molecular formula is C9H4BrClF3NO3. The molecule has 0 saturated heterocycles. The zero-order valence-corrected chi connectivity index (χ0v) is 10.7. The van der Waals surface area contributed by atoms with Gasteiger partial charge in [-0.3, -0.25) is 4.79 Å². The van der Waals surface area contributed by atoms with Crippen LogP contribution in [0.3, 0.4) is 0 Å². The summed E-state index contributed by atoms with van der Waals surface area (Å²) in [5.74, 6) is -3.83. The number of hydrogen-bond acceptors (Lipinski definition) is 2. The molecule has 2 N–H and O–H groups in total. The van der Waals surface area contributed by atoms with Gasteiger partial charge >= 0.3 is 18.1 Å². The number of amides is 1. The van der Waals surface area contributed by atoms with Crippen molar-refractivity contribution in [2.75, 3.05) is 5.32 Å². The lowest BCUT2D eigenvalue weighted by Gasteiger charge is -2.12. The van der Waals surface area contributed by atoms with E-state index in [1.807, 2.05) is 0 Å². The highest BCUT2D eigenvalue weighted by Gasteiger charge is 2.39. The number of nitrogens with one attached hydrogen (secondary N) is 1. The molecule has 9 heteroatoms. The third-order valence-electron chi connectivity index (χ3n) is 1.77. The second-order valence-electron chi connectivity index (χ2n) is 3.07. The molecule has 0 bridgehead atoms. The Labute approximate surface area is 112 Å². The smallest absolute Gasteiger partial charge is 0.471 e. The number of rotatable bonds is 2. The van der Waals surface area contributed by atoms with Gasteiger partial charge in [0, 0.05) is 4.47 Å². The van der Waals surface area contributed by atoms with E-state index < -0.39 is 29.3 Å². The van der Waals surface area contributed by atoms with Crippen molar-refractivity contribution < 1.29 is 27.9 Å². The van der Waals surface area contributed by atoms with Crippen LogP contribution in [-0.2, 0) is 4.79 Å². The Bertz CT molecular complexity index is 519. The molecule has 98 valence electrons. The Hall–Kier alpha value is -1.28. The lowest BCUT2D eigenvalue weighted by Crippen LogP contribution is -2.30. The molecule has 0 saturated carbocycles. The van der Waals surface area contributed by atoms with Gasteiger partial charge in [-0.05, 0) is 12.1 Å². The fourth-order valence-electron chi connectivity index (χ4n) is 1.08. The van der Waals surface area contributed by atoms with E-state index in [4.69, 9.17) is 16.7 Å². The van der Waals surface area contributed by atoms with E-state index in [-0.39, 0.29) is 9.50 Å². The van der Waals surface area contributed by atoms with E-state index in [0.29, 0.717) is 0 Å². The summed E-state index contributed by atoms with van der Waals surface area (Å²) in [4.78, 5) is 21.6. The van der Waals surface area contributed by atoms with Gasteiger partial charge in [0.15, 0.2) is 0 Å². The molecule has 0 radical (unpaired) electrons. The van der Waals surface area contributed by atoms with Crippen molar-refractivity contribution in [3.05, 3.63) is 27.2 Å². The van der Waals surface area contributed by atoms with Gasteiger partial charge in [-0.1, -0.05) is 27.5 Å².